The van der Waals surface area contributed by atoms with Crippen LogP contribution in [0, 0.1) is 10.1 Å². The first-order valence-electron chi connectivity index (χ1n) is 9.27. The van der Waals surface area contributed by atoms with E-state index >= 15 is 0 Å². The zero-order valence-electron chi connectivity index (χ0n) is 15.7. The molecule has 0 fully saturated rings. The highest BCUT2D eigenvalue weighted by atomic mass is 32.2. The van der Waals surface area contributed by atoms with Crippen LogP contribution in [0.15, 0.2) is 76.4 Å². The van der Waals surface area contributed by atoms with Crippen LogP contribution in [0.5, 0.6) is 0 Å². The molecule has 0 aliphatic heterocycles. The van der Waals surface area contributed by atoms with Crippen molar-refractivity contribution in [1.29, 1.82) is 0 Å². The van der Waals surface area contributed by atoms with Crippen LogP contribution in [0.3, 0.4) is 0 Å². The number of nitrogens with zero attached hydrogens (tertiary/aromatic N) is 2. The molecular weight excluding hydrogens is 404 g/mol. The van der Waals surface area contributed by atoms with Gasteiger partial charge in [0.1, 0.15) is 5.76 Å². The SMILES string of the molecule is O=C1CCCC(OC(=O)c2ccc3ncccc3c2)=C1Sc1ccccc1[N+](=O)[O-]. The lowest BCUT2D eigenvalue weighted by Crippen LogP contribution is -2.15. The summed E-state index contributed by atoms with van der Waals surface area (Å²) in [6.07, 6.45) is 2.95. The van der Waals surface area contributed by atoms with E-state index in [0.29, 0.717) is 29.7 Å². The first-order chi connectivity index (χ1) is 14.5. The van der Waals surface area contributed by atoms with Crippen LogP contribution in [0.1, 0.15) is 29.6 Å². The molecule has 0 N–H and O–H groups in total. The van der Waals surface area contributed by atoms with E-state index in [0.717, 1.165) is 22.7 Å². The van der Waals surface area contributed by atoms with E-state index in [1.54, 1.807) is 48.7 Å². The lowest BCUT2D eigenvalue weighted by atomic mass is 10.0. The van der Waals surface area contributed by atoms with Gasteiger partial charge in [-0.25, -0.2) is 4.79 Å². The van der Waals surface area contributed by atoms with E-state index in [9.17, 15) is 19.7 Å². The molecule has 0 saturated carbocycles. The van der Waals surface area contributed by atoms with E-state index < -0.39 is 10.9 Å². The number of hydrogen-bond donors (Lipinski definition) is 0. The number of thioether (sulfide) groups is 1. The van der Waals surface area contributed by atoms with Gasteiger partial charge in [0.05, 0.1) is 25.8 Å². The van der Waals surface area contributed by atoms with Crippen molar-refractivity contribution < 1.29 is 19.2 Å². The third-order valence-electron chi connectivity index (χ3n) is 4.64. The summed E-state index contributed by atoms with van der Waals surface area (Å²) in [5, 5.41) is 12.1. The minimum absolute atomic E-state index is 0.0962. The number of carbonyl (C=O) groups is 2. The molecule has 0 amide bonds. The molecule has 1 heterocycles. The number of Topliss-reactive ketones (excluding diaryl/α,β-unsaturated/α-hetero) is 1. The summed E-state index contributed by atoms with van der Waals surface area (Å²) in [6.45, 7) is 0. The topological polar surface area (TPSA) is 99.4 Å². The van der Waals surface area contributed by atoms with E-state index in [1.807, 2.05) is 6.07 Å². The Labute approximate surface area is 175 Å². The number of aromatic nitrogens is 1. The number of ether oxygens (including phenoxy) is 1. The van der Waals surface area contributed by atoms with Crippen molar-refractivity contribution in [2.24, 2.45) is 0 Å². The monoisotopic (exact) mass is 420 g/mol. The van der Waals surface area contributed by atoms with E-state index in [4.69, 9.17) is 4.74 Å². The average molecular weight is 420 g/mol. The second-order valence-corrected chi connectivity index (χ2v) is 7.71. The number of rotatable bonds is 5. The van der Waals surface area contributed by atoms with Crippen LogP contribution in [-0.4, -0.2) is 21.7 Å². The molecule has 2 aromatic carbocycles. The average Bonchev–Trinajstić information content (AvgIpc) is 2.76. The minimum atomic E-state index is -0.578. The number of ketones is 1. The number of para-hydroxylation sites is 1. The number of benzene rings is 2. The van der Waals surface area contributed by atoms with E-state index in [2.05, 4.69) is 4.98 Å². The van der Waals surface area contributed by atoms with Crippen molar-refractivity contribution in [3.05, 3.63) is 87.1 Å². The maximum atomic E-state index is 12.7. The number of pyridine rings is 1. The van der Waals surface area contributed by atoms with Gasteiger partial charge in [-0.1, -0.05) is 30.0 Å². The Balaban J connectivity index is 1.65. The molecule has 7 nitrogen and oxygen atoms in total. The molecule has 0 spiro atoms. The van der Waals surface area contributed by atoms with Gasteiger partial charge >= 0.3 is 5.97 Å². The Hall–Kier alpha value is -3.52. The molecule has 0 unspecified atom stereocenters. The fraction of sp³-hybridized carbons (Fsp3) is 0.136. The van der Waals surface area contributed by atoms with Gasteiger partial charge in [-0.05, 0) is 36.8 Å². The fourth-order valence-electron chi connectivity index (χ4n) is 3.18. The highest BCUT2D eigenvalue weighted by molar-refractivity contribution is 8.04. The van der Waals surface area contributed by atoms with Crippen molar-refractivity contribution in [2.75, 3.05) is 0 Å². The predicted molar refractivity (Wildman–Crippen MR) is 112 cm³/mol. The Morgan fingerprint density at radius 2 is 1.93 bits per heavy atom. The third-order valence-corrected chi connectivity index (χ3v) is 5.87. The fourth-order valence-corrected chi connectivity index (χ4v) is 4.27. The van der Waals surface area contributed by atoms with Crippen LogP contribution < -0.4 is 0 Å². The van der Waals surface area contributed by atoms with Gasteiger partial charge in [-0.15, -0.1) is 0 Å². The lowest BCUT2D eigenvalue weighted by Gasteiger charge is -2.18. The summed E-state index contributed by atoms with van der Waals surface area (Å²) >= 11 is 0.977. The number of fused-ring (bicyclic) bond motifs is 1. The van der Waals surface area contributed by atoms with Gasteiger partial charge in [0, 0.05) is 30.5 Å². The second-order valence-electron chi connectivity index (χ2n) is 6.66. The normalized spacial score (nSPS) is 14.1. The van der Waals surface area contributed by atoms with Crippen molar-refractivity contribution in [3.63, 3.8) is 0 Å². The summed E-state index contributed by atoms with van der Waals surface area (Å²) in [6, 6.07) is 14.8. The number of esters is 1. The zero-order valence-corrected chi connectivity index (χ0v) is 16.6. The molecule has 150 valence electrons. The Morgan fingerprint density at radius 1 is 1.10 bits per heavy atom. The zero-order chi connectivity index (χ0) is 21.1. The molecule has 3 aromatic rings. The summed E-state index contributed by atoms with van der Waals surface area (Å²) in [4.78, 5) is 40.9. The van der Waals surface area contributed by atoms with Crippen molar-refractivity contribution in [3.8, 4) is 0 Å². The summed E-state index contributed by atoms with van der Waals surface area (Å²) < 4.78 is 5.59. The van der Waals surface area contributed by atoms with Gasteiger partial charge in [-0.3, -0.25) is 19.9 Å². The van der Waals surface area contributed by atoms with Crippen molar-refractivity contribution >= 4 is 40.1 Å². The smallest absolute Gasteiger partial charge is 0.343 e. The first kappa shape index (κ1) is 19.8. The largest absolute Gasteiger partial charge is 0.426 e. The van der Waals surface area contributed by atoms with Crippen molar-refractivity contribution in [2.45, 2.75) is 24.2 Å². The van der Waals surface area contributed by atoms with Gasteiger partial charge in [0.15, 0.2) is 5.78 Å². The van der Waals surface area contributed by atoms with Crippen LogP contribution in [-0.2, 0) is 9.53 Å². The van der Waals surface area contributed by atoms with Gasteiger partial charge in [0.2, 0.25) is 0 Å². The Bertz CT molecular complexity index is 1200. The van der Waals surface area contributed by atoms with Crippen LogP contribution in [0.25, 0.3) is 10.9 Å². The second kappa shape index (κ2) is 8.46. The molecule has 1 aromatic heterocycles. The number of allylic oxidation sites excluding steroid dienone is 2. The number of hydrogen-bond acceptors (Lipinski definition) is 7. The van der Waals surface area contributed by atoms with E-state index in [1.165, 1.54) is 6.07 Å². The third kappa shape index (κ3) is 4.08. The van der Waals surface area contributed by atoms with Crippen molar-refractivity contribution in [1.82, 2.24) is 4.98 Å². The molecule has 4 rings (SSSR count). The lowest BCUT2D eigenvalue weighted by molar-refractivity contribution is -0.387. The molecule has 8 heteroatoms. The van der Waals surface area contributed by atoms with E-state index in [-0.39, 0.29) is 22.1 Å². The molecule has 0 saturated heterocycles. The molecule has 0 radical (unpaired) electrons. The molecular formula is C22H16N2O5S. The van der Waals surface area contributed by atoms with Gasteiger partial charge < -0.3 is 4.74 Å². The minimum Gasteiger partial charge on any atom is -0.426 e. The molecule has 1 aliphatic rings. The molecule has 1 aliphatic carbocycles. The predicted octanol–water partition coefficient (Wildman–Crippen LogP) is 5.06. The molecule has 30 heavy (non-hydrogen) atoms. The maximum Gasteiger partial charge on any atom is 0.343 e. The summed E-state index contributed by atoms with van der Waals surface area (Å²) in [5.74, 6) is -0.508. The molecule has 0 atom stereocenters. The quantitative estimate of drug-likeness (QED) is 0.323. The summed E-state index contributed by atoms with van der Waals surface area (Å²) in [5.41, 5.74) is 1.01. The standard InChI is InChI=1S/C22H16N2O5S/c25-18-7-3-8-19(21(18)30-20-9-2-1-6-17(20)24(27)28)29-22(26)15-10-11-16-14(13-15)5-4-12-23-16/h1-2,4-6,9-13H,3,7-8H2. The highest BCUT2D eigenvalue weighted by Crippen LogP contribution is 2.40. The van der Waals surface area contributed by atoms with Crippen LogP contribution in [0.2, 0.25) is 0 Å². The van der Waals surface area contributed by atoms with Crippen LogP contribution in [0.4, 0.5) is 5.69 Å². The number of nitro benzene ring substituents is 1. The molecule has 0 bridgehead atoms. The van der Waals surface area contributed by atoms with Crippen LogP contribution >= 0.6 is 11.8 Å². The van der Waals surface area contributed by atoms with Gasteiger partial charge in [-0.2, -0.15) is 0 Å². The summed E-state index contributed by atoms with van der Waals surface area (Å²) in [7, 11) is 0. The Kier molecular flexibility index (Phi) is 5.58. The first-order valence-corrected chi connectivity index (χ1v) is 10.1. The maximum absolute atomic E-state index is 12.7. The highest BCUT2D eigenvalue weighted by Gasteiger charge is 2.27. The Morgan fingerprint density at radius 3 is 2.77 bits per heavy atom. The number of carbonyl (C=O) groups excluding carboxylic acids is 2. The van der Waals surface area contributed by atoms with Gasteiger partial charge in [0.25, 0.3) is 5.69 Å². The number of nitro groups is 1.